The maximum absolute atomic E-state index is 11.8. The number of halogens is 4. The first kappa shape index (κ1) is 11.8. The van der Waals surface area contributed by atoms with E-state index >= 15 is 0 Å². The Bertz CT molecular complexity index is 337. The molecule has 0 unspecified atom stereocenters. The number of nitrogens with zero attached hydrogens (tertiary/aromatic N) is 1. The first-order valence-corrected chi connectivity index (χ1v) is 4.34. The summed E-state index contributed by atoms with van der Waals surface area (Å²) in [5, 5.41) is 1.23. The third kappa shape index (κ3) is 4.20. The maximum Gasteiger partial charge on any atom is 0.447 e. The average Bonchev–Trinajstić information content (AvgIpc) is 2.18. The van der Waals surface area contributed by atoms with Gasteiger partial charge in [0.1, 0.15) is 6.61 Å². The van der Waals surface area contributed by atoms with E-state index in [0.717, 1.165) is 0 Å². The standard InChI is InChI=1S/C9H7ClF3NO/c10-8(9(11,12)13)14-15-6-7-4-2-1-3-5-7/h1-5H,6H2/b14-8-. The van der Waals surface area contributed by atoms with Gasteiger partial charge in [-0.2, -0.15) is 13.2 Å². The number of hydrogen-bond donors (Lipinski definition) is 0. The smallest absolute Gasteiger partial charge is 0.390 e. The van der Waals surface area contributed by atoms with E-state index in [1.165, 1.54) is 0 Å². The second-order valence-electron chi connectivity index (χ2n) is 2.64. The van der Waals surface area contributed by atoms with Gasteiger partial charge in [0.15, 0.2) is 0 Å². The summed E-state index contributed by atoms with van der Waals surface area (Å²) >= 11 is 4.82. The van der Waals surface area contributed by atoms with Crippen LogP contribution < -0.4 is 0 Å². The number of rotatable bonds is 3. The summed E-state index contributed by atoms with van der Waals surface area (Å²) in [6.07, 6.45) is -4.65. The molecule has 0 aliphatic heterocycles. The SMILES string of the molecule is FC(F)(F)/C(Cl)=N/OCc1ccccc1. The molecule has 0 atom stereocenters. The van der Waals surface area contributed by atoms with Crippen LogP contribution in [0.5, 0.6) is 0 Å². The predicted octanol–water partition coefficient (Wildman–Crippen LogP) is 3.32. The van der Waals surface area contributed by atoms with Crippen LogP contribution in [0.15, 0.2) is 35.5 Å². The fourth-order valence-electron chi connectivity index (χ4n) is 0.789. The van der Waals surface area contributed by atoms with Crippen LogP contribution in [0.4, 0.5) is 13.2 Å². The zero-order chi connectivity index (χ0) is 11.3. The van der Waals surface area contributed by atoms with Crippen LogP contribution in [0.2, 0.25) is 0 Å². The Kier molecular flexibility index (Phi) is 3.96. The molecule has 0 radical (unpaired) electrons. The van der Waals surface area contributed by atoms with Gasteiger partial charge in [-0.15, -0.1) is 0 Å². The number of alkyl halides is 3. The number of benzene rings is 1. The van der Waals surface area contributed by atoms with Gasteiger partial charge < -0.3 is 4.84 Å². The van der Waals surface area contributed by atoms with Crippen molar-refractivity contribution in [2.75, 3.05) is 0 Å². The van der Waals surface area contributed by atoms with Gasteiger partial charge in [0.2, 0.25) is 5.17 Å². The summed E-state index contributed by atoms with van der Waals surface area (Å²) in [6.45, 7) is -0.0485. The largest absolute Gasteiger partial charge is 0.447 e. The molecule has 2 nitrogen and oxygen atoms in total. The number of oxime groups is 1. The normalized spacial score (nSPS) is 12.7. The third-order valence-electron chi connectivity index (χ3n) is 1.45. The molecule has 82 valence electrons. The lowest BCUT2D eigenvalue weighted by Crippen LogP contribution is -2.17. The summed E-state index contributed by atoms with van der Waals surface area (Å²) in [5.41, 5.74) is 0.716. The van der Waals surface area contributed by atoms with E-state index in [2.05, 4.69) is 9.99 Å². The summed E-state index contributed by atoms with van der Waals surface area (Å²) in [4.78, 5) is 4.44. The molecule has 0 aliphatic carbocycles. The quantitative estimate of drug-likeness (QED) is 0.584. The van der Waals surface area contributed by atoms with Crippen LogP contribution >= 0.6 is 11.6 Å². The molecule has 1 aromatic rings. The molecule has 0 saturated carbocycles. The Balaban J connectivity index is 2.46. The van der Waals surface area contributed by atoms with E-state index < -0.39 is 11.3 Å². The monoisotopic (exact) mass is 237 g/mol. The highest BCUT2D eigenvalue weighted by atomic mass is 35.5. The molecule has 0 amide bonds. The van der Waals surface area contributed by atoms with Crippen molar-refractivity contribution < 1.29 is 18.0 Å². The van der Waals surface area contributed by atoms with Crippen molar-refractivity contribution in [2.24, 2.45) is 5.16 Å². The zero-order valence-electron chi connectivity index (χ0n) is 7.46. The van der Waals surface area contributed by atoms with Crippen molar-refractivity contribution in [1.29, 1.82) is 0 Å². The fourth-order valence-corrected chi connectivity index (χ4v) is 0.838. The molecule has 0 N–H and O–H groups in total. The van der Waals surface area contributed by atoms with Gasteiger partial charge in [0.05, 0.1) is 0 Å². The molecular weight excluding hydrogens is 231 g/mol. The summed E-state index contributed by atoms with van der Waals surface area (Å²) in [5.74, 6) is 0. The highest BCUT2D eigenvalue weighted by molar-refractivity contribution is 6.66. The third-order valence-corrected chi connectivity index (χ3v) is 1.74. The highest BCUT2D eigenvalue weighted by Crippen LogP contribution is 2.19. The molecule has 0 fully saturated rings. The van der Waals surface area contributed by atoms with E-state index in [-0.39, 0.29) is 6.61 Å². The van der Waals surface area contributed by atoms with E-state index in [0.29, 0.717) is 5.56 Å². The van der Waals surface area contributed by atoms with Gasteiger partial charge in [-0.1, -0.05) is 47.1 Å². The first-order valence-electron chi connectivity index (χ1n) is 3.97. The van der Waals surface area contributed by atoms with Crippen molar-refractivity contribution in [3.05, 3.63) is 35.9 Å². The van der Waals surface area contributed by atoms with E-state index in [9.17, 15) is 13.2 Å². The number of hydrogen-bond acceptors (Lipinski definition) is 2. The van der Waals surface area contributed by atoms with Crippen LogP contribution in [-0.4, -0.2) is 11.3 Å². The van der Waals surface area contributed by atoms with Crippen molar-refractivity contribution in [2.45, 2.75) is 12.8 Å². The lowest BCUT2D eigenvalue weighted by atomic mass is 10.2. The minimum Gasteiger partial charge on any atom is -0.390 e. The highest BCUT2D eigenvalue weighted by Gasteiger charge is 2.35. The Labute approximate surface area is 89.3 Å². The summed E-state index contributed by atoms with van der Waals surface area (Å²) < 4.78 is 35.5. The van der Waals surface area contributed by atoms with Gasteiger partial charge in [-0.25, -0.2) is 0 Å². The molecule has 0 bridgehead atoms. The fraction of sp³-hybridized carbons (Fsp3) is 0.222. The van der Waals surface area contributed by atoms with Gasteiger partial charge >= 0.3 is 6.18 Å². The van der Waals surface area contributed by atoms with Crippen LogP contribution in [0.3, 0.4) is 0 Å². The van der Waals surface area contributed by atoms with Crippen molar-refractivity contribution in [3.8, 4) is 0 Å². The molecule has 0 heterocycles. The van der Waals surface area contributed by atoms with E-state index in [1.54, 1.807) is 30.3 Å². The van der Waals surface area contributed by atoms with E-state index in [4.69, 9.17) is 11.6 Å². The van der Waals surface area contributed by atoms with Crippen molar-refractivity contribution in [3.63, 3.8) is 0 Å². The minimum absolute atomic E-state index is 0.0485. The lowest BCUT2D eigenvalue weighted by molar-refractivity contribution is -0.0594. The van der Waals surface area contributed by atoms with Crippen molar-refractivity contribution in [1.82, 2.24) is 0 Å². The molecule has 0 aliphatic rings. The van der Waals surface area contributed by atoms with Gasteiger partial charge in [0, 0.05) is 0 Å². The second-order valence-corrected chi connectivity index (χ2v) is 3.00. The molecule has 6 heteroatoms. The molecule has 0 spiro atoms. The molecular formula is C9H7ClF3NO. The van der Waals surface area contributed by atoms with Gasteiger partial charge in [-0.05, 0) is 5.56 Å². The lowest BCUT2D eigenvalue weighted by Gasteiger charge is -2.03. The van der Waals surface area contributed by atoms with Crippen LogP contribution in [-0.2, 0) is 11.4 Å². The van der Waals surface area contributed by atoms with Crippen LogP contribution in [0.1, 0.15) is 5.56 Å². The topological polar surface area (TPSA) is 21.6 Å². The Hall–Kier alpha value is -1.23. The first-order chi connectivity index (χ1) is 7.00. The van der Waals surface area contributed by atoms with Crippen molar-refractivity contribution >= 4 is 16.8 Å². The van der Waals surface area contributed by atoms with Gasteiger partial charge in [0.25, 0.3) is 0 Å². The average molecular weight is 238 g/mol. The summed E-state index contributed by atoms with van der Waals surface area (Å²) in [6, 6.07) is 8.69. The molecule has 15 heavy (non-hydrogen) atoms. The zero-order valence-corrected chi connectivity index (χ0v) is 8.22. The molecule has 1 aromatic carbocycles. The summed E-state index contributed by atoms with van der Waals surface area (Å²) in [7, 11) is 0. The minimum atomic E-state index is -4.65. The molecule has 0 aromatic heterocycles. The molecule has 0 saturated heterocycles. The van der Waals surface area contributed by atoms with Crippen LogP contribution in [0, 0.1) is 0 Å². The second kappa shape index (κ2) is 5.02. The van der Waals surface area contributed by atoms with Crippen LogP contribution in [0.25, 0.3) is 0 Å². The van der Waals surface area contributed by atoms with E-state index in [1.807, 2.05) is 0 Å². The Morgan fingerprint density at radius 1 is 1.27 bits per heavy atom. The van der Waals surface area contributed by atoms with Gasteiger partial charge in [-0.3, -0.25) is 0 Å². The predicted molar refractivity (Wildman–Crippen MR) is 50.6 cm³/mol. The Morgan fingerprint density at radius 3 is 2.40 bits per heavy atom. The Morgan fingerprint density at radius 2 is 1.87 bits per heavy atom. The maximum atomic E-state index is 11.8. The molecule has 1 rings (SSSR count).